The summed E-state index contributed by atoms with van der Waals surface area (Å²) in [5, 5.41) is 8.68. The summed E-state index contributed by atoms with van der Waals surface area (Å²) in [4.78, 5) is 9.06. The Balaban J connectivity index is 1.75. The summed E-state index contributed by atoms with van der Waals surface area (Å²) in [6.07, 6.45) is 10.4. The van der Waals surface area contributed by atoms with Crippen LogP contribution in [0.1, 0.15) is 37.9 Å². The Morgan fingerprint density at radius 2 is 2.23 bits per heavy atom. The van der Waals surface area contributed by atoms with Crippen LogP contribution in [0.5, 0.6) is 0 Å². The minimum atomic E-state index is 0.404. The first-order valence-electron chi connectivity index (χ1n) is 7.87. The van der Waals surface area contributed by atoms with Crippen LogP contribution in [0.25, 0.3) is 11.0 Å². The zero-order valence-electron chi connectivity index (χ0n) is 13.3. The predicted octanol–water partition coefficient (Wildman–Crippen LogP) is 2.81. The zero-order chi connectivity index (χ0) is 15.4. The van der Waals surface area contributed by atoms with Gasteiger partial charge in [-0.15, -0.1) is 0 Å². The number of hydrogen-bond acceptors (Lipinski definition) is 5. The first-order chi connectivity index (χ1) is 10.8. The highest BCUT2D eigenvalue weighted by atomic mass is 16.5. The van der Waals surface area contributed by atoms with Gasteiger partial charge < -0.3 is 10.1 Å². The van der Waals surface area contributed by atoms with Crippen LogP contribution in [-0.2, 0) is 18.4 Å². The van der Waals surface area contributed by atoms with Gasteiger partial charge in [0.1, 0.15) is 12.4 Å². The van der Waals surface area contributed by atoms with Crippen LogP contribution in [0.4, 0.5) is 5.82 Å². The van der Waals surface area contributed by atoms with E-state index in [4.69, 9.17) is 4.74 Å². The summed E-state index contributed by atoms with van der Waals surface area (Å²) in [5.41, 5.74) is 2.40. The lowest BCUT2D eigenvalue weighted by Gasteiger charge is -2.13. The predicted molar refractivity (Wildman–Crippen MR) is 86.7 cm³/mol. The molecule has 2 aromatic heterocycles. The van der Waals surface area contributed by atoms with Crippen molar-refractivity contribution in [3.8, 4) is 0 Å². The van der Waals surface area contributed by atoms with Crippen LogP contribution in [0, 0.1) is 0 Å². The molecule has 2 heterocycles. The lowest BCUT2D eigenvalue weighted by atomic mass is 9.97. The van der Waals surface area contributed by atoms with Gasteiger partial charge in [-0.3, -0.25) is 4.68 Å². The number of fused-ring (bicyclic) bond motifs is 1. The van der Waals surface area contributed by atoms with Crippen molar-refractivity contribution in [3.63, 3.8) is 0 Å². The second kappa shape index (κ2) is 6.87. The summed E-state index contributed by atoms with van der Waals surface area (Å²) in [6.45, 7) is 1.29. The number of rotatable bonds is 6. The van der Waals surface area contributed by atoms with Crippen molar-refractivity contribution in [1.29, 1.82) is 0 Å². The van der Waals surface area contributed by atoms with Crippen molar-refractivity contribution >= 4 is 16.9 Å². The van der Waals surface area contributed by atoms with Gasteiger partial charge in [-0.1, -0.05) is 11.6 Å². The smallest absolute Gasteiger partial charge is 0.163 e. The lowest BCUT2D eigenvalue weighted by molar-refractivity contribution is 0.178. The SMILES string of the molecule is COCc1nc(NCCC2=CCCCC2)c2cnn(C)c2n1. The molecule has 1 aliphatic rings. The van der Waals surface area contributed by atoms with Crippen molar-refractivity contribution in [1.82, 2.24) is 19.7 Å². The standard InChI is InChI=1S/C16H23N5O/c1-21-16-13(10-18-21)15(19-14(20-16)11-22-2)17-9-8-12-6-4-3-5-7-12/h6,10H,3-5,7-9,11H2,1-2H3,(H,17,19,20). The van der Waals surface area contributed by atoms with E-state index in [1.807, 2.05) is 13.2 Å². The Hall–Kier alpha value is -1.95. The largest absolute Gasteiger partial charge is 0.377 e. The molecule has 6 heteroatoms. The molecular formula is C16H23N5O. The van der Waals surface area contributed by atoms with E-state index in [0.717, 1.165) is 29.8 Å². The number of ether oxygens (including phenoxy) is 1. The third-order valence-corrected chi connectivity index (χ3v) is 4.04. The van der Waals surface area contributed by atoms with E-state index < -0.39 is 0 Å². The van der Waals surface area contributed by atoms with E-state index in [1.165, 1.54) is 25.7 Å². The van der Waals surface area contributed by atoms with E-state index in [0.29, 0.717) is 12.4 Å². The third-order valence-electron chi connectivity index (χ3n) is 4.04. The molecule has 0 amide bonds. The Morgan fingerprint density at radius 1 is 1.32 bits per heavy atom. The van der Waals surface area contributed by atoms with Crippen LogP contribution in [-0.4, -0.2) is 33.4 Å². The first kappa shape index (κ1) is 15.0. The van der Waals surface area contributed by atoms with Gasteiger partial charge in [0.2, 0.25) is 0 Å². The highest BCUT2D eigenvalue weighted by molar-refractivity contribution is 5.86. The fourth-order valence-electron chi connectivity index (χ4n) is 2.87. The summed E-state index contributed by atoms with van der Waals surface area (Å²) in [5.74, 6) is 1.53. The molecule has 0 saturated heterocycles. The van der Waals surface area contributed by atoms with Gasteiger partial charge in [-0.25, -0.2) is 9.97 Å². The van der Waals surface area contributed by atoms with E-state index >= 15 is 0 Å². The quantitative estimate of drug-likeness (QED) is 0.831. The van der Waals surface area contributed by atoms with Gasteiger partial charge in [0.15, 0.2) is 11.5 Å². The Kier molecular flexibility index (Phi) is 4.68. The van der Waals surface area contributed by atoms with Crippen LogP contribution in [0.3, 0.4) is 0 Å². The second-order valence-electron chi connectivity index (χ2n) is 5.71. The molecule has 22 heavy (non-hydrogen) atoms. The van der Waals surface area contributed by atoms with Crippen LogP contribution < -0.4 is 5.32 Å². The minimum Gasteiger partial charge on any atom is -0.377 e. The fraction of sp³-hybridized carbons (Fsp3) is 0.562. The molecule has 0 aliphatic heterocycles. The van der Waals surface area contributed by atoms with Crippen molar-refractivity contribution in [2.45, 2.75) is 38.7 Å². The van der Waals surface area contributed by atoms with Crippen molar-refractivity contribution in [2.24, 2.45) is 7.05 Å². The number of anilines is 1. The van der Waals surface area contributed by atoms with Gasteiger partial charge in [0.05, 0.1) is 11.6 Å². The van der Waals surface area contributed by atoms with Gasteiger partial charge in [-0.05, 0) is 32.1 Å². The molecule has 0 aromatic carbocycles. The maximum Gasteiger partial charge on any atom is 0.163 e. The van der Waals surface area contributed by atoms with Gasteiger partial charge >= 0.3 is 0 Å². The van der Waals surface area contributed by atoms with Crippen LogP contribution in [0.2, 0.25) is 0 Å². The Labute approximate surface area is 130 Å². The molecule has 0 unspecified atom stereocenters. The van der Waals surface area contributed by atoms with Crippen molar-refractivity contribution < 1.29 is 4.74 Å². The Morgan fingerprint density at radius 3 is 3.00 bits per heavy atom. The molecule has 0 saturated carbocycles. The molecule has 3 rings (SSSR count). The molecule has 0 radical (unpaired) electrons. The molecule has 6 nitrogen and oxygen atoms in total. The summed E-state index contributed by atoms with van der Waals surface area (Å²) in [6, 6.07) is 0. The van der Waals surface area contributed by atoms with Gasteiger partial charge in [0.25, 0.3) is 0 Å². The molecule has 0 atom stereocenters. The monoisotopic (exact) mass is 301 g/mol. The molecule has 118 valence electrons. The topological polar surface area (TPSA) is 64.9 Å². The molecular weight excluding hydrogens is 278 g/mol. The van der Waals surface area contributed by atoms with E-state index in [1.54, 1.807) is 17.4 Å². The molecule has 1 aliphatic carbocycles. The van der Waals surface area contributed by atoms with Gasteiger partial charge in [0, 0.05) is 20.7 Å². The Bertz CT molecular complexity index is 676. The van der Waals surface area contributed by atoms with Crippen molar-refractivity contribution in [2.75, 3.05) is 19.0 Å². The van der Waals surface area contributed by atoms with Crippen LogP contribution in [0.15, 0.2) is 17.8 Å². The maximum atomic E-state index is 5.16. The number of nitrogens with zero attached hydrogens (tertiary/aromatic N) is 4. The summed E-state index contributed by atoms with van der Waals surface area (Å²) >= 11 is 0. The zero-order valence-corrected chi connectivity index (χ0v) is 13.3. The first-order valence-corrected chi connectivity index (χ1v) is 7.87. The number of hydrogen-bond donors (Lipinski definition) is 1. The van der Waals surface area contributed by atoms with Crippen LogP contribution >= 0.6 is 0 Å². The molecule has 0 fully saturated rings. The van der Waals surface area contributed by atoms with Crippen molar-refractivity contribution in [3.05, 3.63) is 23.7 Å². The average Bonchev–Trinajstić information content (AvgIpc) is 2.90. The summed E-state index contributed by atoms with van der Waals surface area (Å²) in [7, 11) is 3.54. The molecule has 0 bridgehead atoms. The third kappa shape index (κ3) is 3.27. The maximum absolute atomic E-state index is 5.16. The minimum absolute atomic E-state index is 0.404. The molecule has 0 spiro atoms. The number of allylic oxidation sites excluding steroid dienone is 1. The number of nitrogens with one attached hydrogen (secondary N) is 1. The average molecular weight is 301 g/mol. The lowest BCUT2D eigenvalue weighted by Crippen LogP contribution is -2.09. The number of aromatic nitrogens is 4. The van der Waals surface area contributed by atoms with E-state index in [-0.39, 0.29) is 0 Å². The fourth-order valence-corrected chi connectivity index (χ4v) is 2.87. The summed E-state index contributed by atoms with van der Waals surface area (Å²) < 4.78 is 6.93. The normalized spacial score (nSPS) is 15.1. The second-order valence-corrected chi connectivity index (χ2v) is 5.71. The molecule has 1 N–H and O–H groups in total. The van der Waals surface area contributed by atoms with Gasteiger partial charge in [-0.2, -0.15) is 5.10 Å². The molecule has 2 aromatic rings. The van der Waals surface area contributed by atoms with E-state index in [9.17, 15) is 0 Å². The van der Waals surface area contributed by atoms with E-state index in [2.05, 4.69) is 26.5 Å². The number of aryl methyl sites for hydroxylation is 1. The highest BCUT2D eigenvalue weighted by Gasteiger charge is 2.11. The highest BCUT2D eigenvalue weighted by Crippen LogP contribution is 2.22. The number of methoxy groups -OCH3 is 1.